The molecular weight excluding hydrogens is 488 g/mol. The van der Waals surface area contributed by atoms with Gasteiger partial charge in [-0.05, 0) is 63.1 Å². The van der Waals surface area contributed by atoms with E-state index >= 15 is 0 Å². The van der Waals surface area contributed by atoms with Gasteiger partial charge in [-0.25, -0.2) is 0 Å². The molecule has 0 spiro atoms. The largest absolute Gasteiger partial charge is 0.368 e. The first-order valence-electron chi connectivity index (χ1n) is 13.4. The molecule has 2 atom stereocenters. The zero-order valence-corrected chi connectivity index (χ0v) is 22.9. The van der Waals surface area contributed by atoms with Gasteiger partial charge in [-0.2, -0.15) is 0 Å². The van der Waals surface area contributed by atoms with Crippen LogP contribution in [-0.2, 0) is 14.4 Å². The summed E-state index contributed by atoms with van der Waals surface area (Å²) >= 11 is 0. The van der Waals surface area contributed by atoms with Gasteiger partial charge in [0.1, 0.15) is 5.92 Å². The second-order valence-corrected chi connectivity index (χ2v) is 10.5. The van der Waals surface area contributed by atoms with Crippen LogP contribution >= 0.6 is 0 Å². The van der Waals surface area contributed by atoms with E-state index in [0.717, 1.165) is 22.4 Å². The number of Topliss-reactive ketones (excluding diaryl/α,β-unsaturated/α-hetero) is 1. The second-order valence-electron chi connectivity index (χ2n) is 10.5. The van der Waals surface area contributed by atoms with Crippen LogP contribution in [0.3, 0.4) is 0 Å². The van der Waals surface area contributed by atoms with Crippen LogP contribution in [0.4, 0.5) is 11.4 Å². The SMILES string of the molecule is CC(=O)C1=C(C)N(c2cccc(C)c2)C(=O)C(C(=O)N2CCN(c3ccncc3)CC2)C1c1ccc(C)cc1. The lowest BCUT2D eigenvalue weighted by Gasteiger charge is -2.43. The molecule has 0 radical (unpaired) electrons. The molecule has 200 valence electrons. The van der Waals surface area contributed by atoms with Crippen LogP contribution in [0.5, 0.6) is 0 Å². The average Bonchev–Trinajstić information content (AvgIpc) is 2.93. The van der Waals surface area contributed by atoms with Gasteiger partial charge in [-0.1, -0.05) is 42.0 Å². The maximum Gasteiger partial charge on any atom is 0.244 e. The molecule has 0 N–H and O–H groups in total. The normalized spacial score (nSPS) is 19.9. The van der Waals surface area contributed by atoms with Gasteiger partial charge in [0.25, 0.3) is 0 Å². The molecule has 5 rings (SSSR count). The molecule has 0 aliphatic carbocycles. The van der Waals surface area contributed by atoms with E-state index in [4.69, 9.17) is 0 Å². The third-order valence-corrected chi connectivity index (χ3v) is 7.82. The Labute approximate surface area is 229 Å². The standard InChI is InChI=1S/C32H34N4O3/c1-21-8-10-25(11-9-21)29-28(24(4)37)23(3)36(27-7-5-6-22(2)20-27)32(39)30(29)31(38)35-18-16-34(17-19-35)26-12-14-33-15-13-26/h5-15,20,29-30H,16-19H2,1-4H3. The van der Waals surface area contributed by atoms with Crippen molar-refractivity contribution in [3.05, 3.63) is 101 Å². The number of carbonyl (C=O) groups is 3. The Morgan fingerprint density at radius 3 is 2.10 bits per heavy atom. The minimum absolute atomic E-state index is 0.136. The fourth-order valence-electron chi connectivity index (χ4n) is 5.84. The molecule has 0 saturated carbocycles. The van der Waals surface area contributed by atoms with Crippen molar-refractivity contribution in [2.45, 2.75) is 33.6 Å². The third kappa shape index (κ3) is 5.09. The molecule has 2 unspecified atom stereocenters. The number of benzene rings is 2. The summed E-state index contributed by atoms with van der Waals surface area (Å²) < 4.78 is 0. The van der Waals surface area contributed by atoms with Crippen molar-refractivity contribution in [1.29, 1.82) is 0 Å². The Morgan fingerprint density at radius 2 is 1.49 bits per heavy atom. The molecule has 1 aromatic heterocycles. The number of hydrogen-bond donors (Lipinski definition) is 0. The number of anilines is 2. The topological polar surface area (TPSA) is 73.8 Å². The smallest absolute Gasteiger partial charge is 0.244 e. The van der Waals surface area contributed by atoms with Gasteiger partial charge < -0.3 is 9.80 Å². The molecule has 39 heavy (non-hydrogen) atoms. The summed E-state index contributed by atoms with van der Waals surface area (Å²) in [6.07, 6.45) is 3.52. The quantitative estimate of drug-likeness (QED) is 0.456. The van der Waals surface area contributed by atoms with E-state index in [0.29, 0.717) is 43.1 Å². The van der Waals surface area contributed by atoms with Crippen molar-refractivity contribution >= 4 is 29.0 Å². The molecule has 0 bridgehead atoms. The van der Waals surface area contributed by atoms with Gasteiger partial charge in [-0.3, -0.25) is 24.3 Å². The van der Waals surface area contributed by atoms with Gasteiger partial charge in [0.15, 0.2) is 5.78 Å². The summed E-state index contributed by atoms with van der Waals surface area (Å²) in [5, 5.41) is 0. The van der Waals surface area contributed by atoms with Crippen molar-refractivity contribution in [3.8, 4) is 0 Å². The van der Waals surface area contributed by atoms with Crippen molar-refractivity contribution in [1.82, 2.24) is 9.88 Å². The second kappa shape index (κ2) is 10.8. The van der Waals surface area contributed by atoms with Crippen LogP contribution in [-0.4, -0.2) is 53.7 Å². The number of amides is 2. The maximum atomic E-state index is 14.4. The summed E-state index contributed by atoms with van der Waals surface area (Å²) in [5.41, 5.74) is 5.68. The highest BCUT2D eigenvalue weighted by molar-refractivity contribution is 6.15. The first kappa shape index (κ1) is 26.4. The number of allylic oxidation sites excluding steroid dienone is 2. The molecule has 2 aliphatic heterocycles. The van der Waals surface area contributed by atoms with E-state index in [1.165, 1.54) is 6.92 Å². The van der Waals surface area contributed by atoms with Crippen molar-refractivity contribution in [2.24, 2.45) is 5.92 Å². The Balaban J connectivity index is 1.56. The lowest BCUT2D eigenvalue weighted by atomic mass is 9.73. The average molecular weight is 523 g/mol. The molecule has 2 aromatic carbocycles. The van der Waals surface area contributed by atoms with E-state index in [1.54, 1.807) is 22.2 Å². The molecule has 3 heterocycles. The number of aromatic nitrogens is 1. The van der Waals surface area contributed by atoms with Crippen molar-refractivity contribution in [2.75, 3.05) is 36.0 Å². The molecular formula is C32H34N4O3. The molecule has 7 heteroatoms. The van der Waals surface area contributed by atoms with E-state index in [1.807, 2.05) is 81.4 Å². The zero-order valence-electron chi connectivity index (χ0n) is 22.9. The highest BCUT2D eigenvalue weighted by Gasteiger charge is 2.48. The number of hydrogen-bond acceptors (Lipinski definition) is 5. The number of aryl methyl sites for hydroxylation is 2. The fraction of sp³-hybridized carbons (Fsp3) is 0.312. The number of ketones is 1. The third-order valence-electron chi connectivity index (χ3n) is 7.82. The Bertz CT molecular complexity index is 1420. The lowest BCUT2D eigenvalue weighted by Crippen LogP contribution is -2.56. The Hall–Kier alpha value is -4.26. The van der Waals surface area contributed by atoms with Gasteiger partial charge in [0, 0.05) is 67.1 Å². The van der Waals surface area contributed by atoms with Crippen molar-refractivity contribution < 1.29 is 14.4 Å². The number of rotatable bonds is 5. The highest BCUT2D eigenvalue weighted by Crippen LogP contribution is 2.43. The van der Waals surface area contributed by atoms with Gasteiger partial charge in [0.2, 0.25) is 11.8 Å². The fourth-order valence-corrected chi connectivity index (χ4v) is 5.84. The minimum atomic E-state index is -1.04. The van der Waals surface area contributed by atoms with E-state index in [9.17, 15) is 14.4 Å². The van der Waals surface area contributed by atoms with E-state index in [2.05, 4.69) is 9.88 Å². The number of nitrogens with zero attached hydrogens (tertiary/aromatic N) is 4. The van der Waals surface area contributed by atoms with Crippen LogP contribution in [0.2, 0.25) is 0 Å². The number of pyridine rings is 1. The number of piperazine rings is 1. The van der Waals surface area contributed by atoms with Crippen molar-refractivity contribution in [3.63, 3.8) is 0 Å². The molecule has 2 aliphatic rings. The maximum absolute atomic E-state index is 14.4. The van der Waals surface area contributed by atoms with Gasteiger partial charge in [-0.15, -0.1) is 0 Å². The van der Waals surface area contributed by atoms with Crippen LogP contribution in [0.15, 0.2) is 84.3 Å². The summed E-state index contributed by atoms with van der Waals surface area (Å²) in [5.74, 6) is -2.35. The molecule has 3 aromatic rings. The minimum Gasteiger partial charge on any atom is -0.368 e. The molecule has 1 fully saturated rings. The van der Waals surface area contributed by atoms with Gasteiger partial charge >= 0.3 is 0 Å². The van der Waals surface area contributed by atoms with E-state index in [-0.39, 0.29) is 17.6 Å². The lowest BCUT2D eigenvalue weighted by molar-refractivity contribution is -0.142. The first-order valence-corrected chi connectivity index (χ1v) is 13.4. The summed E-state index contributed by atoms with van der Waals surface area (Å²) in [6.45, 7) is 9.59. The van der Waals surface area contributed by atoms with Gasteiger partial charge in [0.05, 0.1) is 0 Å². The van der Waals surface area contributed by atoms with Crippen LogP contribution in [0.25, 0.3) is 0 Å². The summed E-state index contributed by atoms with van der Waals surface area (Å²) in [4.78, 5) is 51.5. The first-order chi connectivity index (χ1) is 18.8. The molecule has 2 amide bonds. The van der Waals surface area contributed by atoms with Crippen LogP contribution in [0, 0.1) is 19.8 Å². The summed E-state index contributed by atoms with van der Waals surface area (Å²) in [6, 6.07) is 19.4. The highest BCUT2D eigenvalue weighted by atomic mass is 16.2. The summed E-state index contributed by atoms with van der Waals surface area (Å²) in [7, 11) is 0. The number of carbonyl (C=O) groups excluding carboxylic acids is 3. The molecule has 7 nitrogen and oxygen atoms in total. The van der Waals surface area contributed by atoms with Crippen LogP contribution in [0.1, 0.15) is 36.5 Å². The predicted octanol–water partition coefficient (Wildman–Crippen LogP) is 4.66. The van der Waals surface area contributed by atoms with Crippen LogP contribution < -0.4 is 9.80 Å². The predicted molar refractivity (Wildman–Crippen MR) is 152 cm³/mol. The molecule has 1 saturated heterocycles. The Kier molecular flexibility index (Phi) is 7.33. The van der Waals surface area contributed by atoms with E-state index < -0.39 is 11.8 Å². The Morgan fingerprint density at radius 1 is 0.821 bits per heavy atom. The monoisotopic (exact) mass is 522 g/mol. The zero-order chi connectivity index (χ0) is 27.7.